The zero-order valence-corrected chi connectivity index (χ0v) is 15.7. The van der Waals surface area contributed by atoms with E-state index in [4.69, 9.17) is 4.74 Å². The van der Waals surface area contributed by atoms with Gasteiger partial charge in [-0.05, 0) is 29.5 Å². The fourth-order valence-electron chi connectivity index (χ4n) is 3.60. The molecule has 1 aromatic heterocycles. The van der Waals surface area contributed by atoms with Gasteiger partial charge in [0.15, 0.2) is 5.75 Å². The molecular formula is C23H22N2O3. The highest BCUT2D eigenvalue weighted by atomic mass is 16.5. The van der Waals surface area contributed by atoms with E-state index < -0.39 is 0 Å². The highest BCUT2D eigenvalue weighted by Gasteiger charge is 2.24. The van der Waals surface area contributed by atoms with Gasteiger partial charge >= 0.3 is 0 Å². The summed E-state index contributed by atoms with van der Waals surface area (Å²) in [5.41, 5.74) is 3.55. The Kier molecular flexibility index (Phi) is 4.98. The fraction of sp³-hybridized carbons (Fsp3) is 0.217. The third-order valence-corrected chi connectivity index (χ3v) is 5.06. The van der Waals surface area contributed by atoms with Crippen molar-refractivity contribution >= 4 is 5.91 Å². The molecule has 1 amide bonds. The number of benzene rings is 2. The zero-order valence-electron chi connectivity index (χ0n) is 15.7. The number of amides is 1. The van der Waals surface area contributed by atoms with Crippen LogP contribution in [0.5, 0.6) is 5.75 Å². The van der Waals surface area contributed by atoms with Crippen LogP contribution in [-0.4, -0.2) is 16.5 Å². The van der Waals surface area contributed by atoms with E-state index in [1.165, 1.54) is 17.2 Å². The van der Waals surface area contributed by atoms with Gasteiger partial charge in [-0.15, -0.1) is 0 Å². The summed E-state index contributed by atoms with van der Waals surface area (Å²) in [5.74, 6) is -0.0109. The first-order valence-electron chi connectivity index (χ1n) is 9.35. The van der Waals surface area contributed by atoms with Gasteiger partial charge in [0, 0.05) is 19.2 Å². The number of hydrogen-bond acceptors (Lipinski definition) is 3. The minimum Gasteiger partial charge on any atom is -0.483 e. The lowest BCUT2D eigenvalue weighted by atomic mass is 10.1. The predicted octanol–water partition coefficient (Wildman–Crippen LogP) is 2.86. The van der Waals surface area contributed by atoms with Crippen molar-refractivity contribution < 1.29 is 9.53 Å². The average Bonchev–Trinajstić information content (AvgIpc) is 3.11. The van der Waals surface area contributed by atoms with E-state index in [-0.39, 0.29) is 23.1 Å². The molecule has 4 rings (SSSR count). The van der Waals surface area contributed by atoms with Gasteiger partial charge in [0.25, 0.3) is 5.91 Å². The summed E-state index contributed by atoms with van der Waals surface area (Å²) >= 11 is 0. The second kappa shape index (κ2) is 7.72. The number of carbonyl (C=O) groups is 1. The minimum absolute atomic E-state index is 0.0500. The van der Waals surface area contributed by atoms with E-state index in [0.29, 0.717) is 12.3 Å². The lowest BCUT2D eigenvalue weighted by Gasteiger charge is -2.15. The van der Waals surface area contributed by atoms with Gasteiger partial charge in [0.2, 0.25) is 5.43 Å². The molecule has 0 radical (unpaired) electrons. The highest BCUT2D eigenvalue weighted by Crippen LogP contribution is 2.22. The summed E-state index contributed by atoms with van der Waals surface area (Å²) in [6.07, 6.45) is 3.20. The molecule has 28 heavy (non-hydrogen) atoms. The van der Waals surface area contributed by atoms with Crippen LogP contribution in [0.1, 0.15) is 27.2 Å². The van der Waals surface area contributed by atoms with Crippen LogP contribution in [0.3, 0.4) is 0 Å². The van der Waals surface area contributed by atoms with Crippen LogP contribution < -0.4 is 15.5 Å². The number of fused-ring (bicyclic) bond motifs is 1. The molecule has 1 N–H and O–H groups in total. The number of aromatic nitrogens is 1. The van der Waals surface area contributed by atoms with Gasteiger partial charge in [0.1, 0.15) is 12.3 Å². The molecule has 0 atom stereocenters. The lowest BCUT2D eigenvalue weighted by Crippen LogP contribution is -2.37. The Bertz CT molecular complexity index is 1030. The van der Waals surface area contributed by atoms with Crippen LogP contribution in [0.25, 0.3) is 0 Å². The molecule has 0 aliphatic heterocycles. The smallest absolute Gasteiger partial charge is 0.268 e. The van der Waals surface area contributed by atoms with Crippen molar-refractivity contribution in [2.45, 2.75) is 25.5 Å². The molecule has 1 heterocycles. The molecule has 3 aromatic rings. The number of aryl methyl sites for hydroxylation is 1. The van der Waals surface area contributed by atoms with E-state index in [1.54, 1.807) is 17.8 Å². The number of rotatable bonds is 5. The zero-order chi connectivity index (χ0) is 19.5. The summed E-state index contributed by atoms with van der Waals surface area (Å²) < 4.78 is 7.29. The van der Waals surface area contributed by atoms with Crippen LogP contribution in [0, 0.1) is 0 Å². The highest BCUT2D eigenvalue weighted by molar-refractivity contribution is 5.92. The van der Waals surface area contributed by atoms with Gasteiger partial charge in [-0.2, -0.15) is 0 Å². The first-order chi connectivity index (χ1) is 13.6. The van der Waals surface area contributed by atoms with Gasteiger partial charge < -0.3 is 14.6 Å². The predicted molar refractivity (Wildman–Crippen MR) is 108 cm³/mol. The second-order valence-corrected chi connectivity index (χ2v) is 7.12. The molecule has 0 saturated heterocycles. The Balaban J connectivity index is 1.44. The largest absolute Gasteiger partial charge is 0.483 e. The number of ether oxygens (including phenoxy) is 1. The number of nitrogens with zero attached hydrogens (tertiary/aromatic N) is 1. The summed E-state index contributed by atoms with van der Waals surface area (Å²) in [7, 11) is 1.74. The Morgan fingerprint density at radius 3 is 2.39 bits per heavy atom. The van der Waals surface area contributed by atoms with Crippen LogP contribution in [0.15, 0.2) is 71.7 Å². The average molecular weight is 374 g/mol. The molecule has 0 saturated carbocycles. The first-order valence-corrected chi connectivity index (χ1v) is 9.35. The first kappa shape index (κ1) is 18.0. The molecule has 2 aromatic carbocycles. The quantitative estimate of drug-likeness (QED) is 0.747. The second-order valence-electron chi connectivity index (χ2n) is 7.12. The molecule has 0 fully saturated rings. The maximum Gasteiger partial charge on any atom is 0.268 e. The molecule has 5 heteroatoms. The van der Waals surface area contributed by atoms with Crippen molar-refractivity contribution in [3.63, 3.8) is 0 Å². The van der Waals surface area contributed by atoms with Crippen LogP contribution >= 0.6 is 0 Å². The molecule has 0 spiro atoms. The number of hydrogen-bond donors (Lipinski definition) is 1. The Morgan fingerprint density at radius 2 is 1.71 bits per heavy atom. The standard InChI is InChI=1S/C23H22N2O3/c1-25-14-22(28-15-16-7-3-2-4-8-16)21(26)13-20(25)23(27)24-19-11-17-9-5-6-10-18(17)12-19/h2-10,13-14,19H,11-12,15H2,1H3,(H,24,27). The van der Waals surface area contributed by atoms with E-state index in [9.17, 15) is 9.59 Å². The SMILES string of the molecule is Cn1cc(OCc2ccccc2)c(=O)cc1C(=O)NC1Cc2ccccc2C1. The summed E-state index contributed by atoms with van der Waals surface area (Å²) in [5, 5.41) is 3.05. The Morgan fingerprint density at radius 1 is 1.07 bits per heavy atom. The minimum atomic E-state index is -0.297. The third-order valence-electron chi connectivity index (χ3n) is 5.06. The topological polar surface area (TPSA) is 60.3 Å². The van der Waals surface area contributed by atoms with Crippen molar-refractivity contribution in [2.75, 3.05) is 0 Å². The molecule has 5 nitrogen and oxygen atoms in total. The van der Waals surface area contributed by atoms with Gasteiger partial charge in [-0.1, -0.05) is 54.6 Å². The molecular weight excluding hydrogens is 352 g/mol. The lowest BCUT2D eigenvalue weighted by molar-refractivity contribution is 0.0929. The maximum absolute atomic E-state index is 12.7. The van der Waals surface area contributed by atoms with Crippen molar-refractivity contribution in [2.24, 2.45) is 7.05 Å². The van der Waals surface area contributed by atoms with Crippen LogP contribution in [0.2, 0.25) is 0 Å². The summed E-state index contributed by atoms with van der Waals surface area (Å²) in [4.78, 5) is 25.1. The maximum atomic E-state index is 12.7. The monoisotopic (exact) mass is 374 g/mol. The van der Waals surface area contributed by atoms with Crippen LogP contribution in [-0.2, 0) is 26.5 Å². The molecule has 0 bridgehead atoms. The molecule has 142 valence electrons. The fourth-order valence-corrected chi connectivity index (χ4v) is 3.60. The van der Waals surface area contributed by atoms with Gasteiger partial charge in [-0.25, -0.2) is 0 Å². The van der Waals surface area contributed by atoms with Crippen LogP contribution in [0.4, 0.5) is 0 Å². The molecule has 1 aliphatic carbocycles. The van der Waals surface area contributed by atoms with E-state index >= 15 is 0 Å². The normalized spacial score (nSPS) is 13.2. The summed E-state index contributed by atoms with van der Waals surface area (Å²) in [6.45, 7) is 0.307. The Labute approximate surface area is 163 Å². The number of nitrogens with one attached hydrogen (secondary N) is 1. The third kappa shape index (κ3) is 3.83. The van der Waals surface area contributed by atoms with E-state index in [2.05, 4.69) is 17.4 Å². The van der Waals surface area contributed by atoms with Gasteiger partial charge in [0.05, 0.1) is 6.20 Å². The van der Waals surface area contributed by atoms with Crippen molar-refractivity contribution in [1.82, 2.24) is 9.88 Å². The molecule has 0 unspecified atom stereocenters. The summed E-state index contributed by atoms with van der Waals surface area (Å²) in [6, 6.07) is 19.3. The van der Waals surface area contributed by atoms with E-state index in [1.807, 2.05) is 42.5 Å². The van der Waals surface area contributed by atoms with Crippen molar-refractivity contribution in [3.05, 3.63) is 99.5 Å². The number of pyridine rings is 1. The van der Waals surface area contributed by atoms with Crippen molar-refractivity contribution in [1.29, 1.82) is 0 Å². The van der Waals surface area contributed by atoms with E-state index in [0.717, 1.165) is 18.4 Å². The molecule has 1 aliphatic rings. The van der Waals surface area contributed by atoms with Gasteiger partial charge in [-0.3, -0.25) is 9.59 Å². The Hall–Kier alpha value is -3.34. The van der Waals surface area contributed by atoms with Crippen molar-refractivity contribution in [3.8, 4) is 5.75 Å². The number of carbonyl (C=O) groups excluding carboxylic acids is 1.